The lowest BCUT2D eigenvalue weighted by molar-refractivity contribution is -0.196. The van der Waals surface area contributed by atoms with Gasteiger partial charge in [0, 0.05) is 0 Å². The molecule has 274 valence electrons. The highest BCUT2D eigenvalue weighted by Crippen LogP contribution is 2.45. The van der Waals surface area contributed by atoms with E-state index >= 15 is 0 Å². The van der Waals surface area contributed by atoms with E-state index in [-0.39, 0.29) is 37.0 Å². The predicted octanol–water partition coefficient (Wildman–Crippen LogP) is 3.83. The van der Waals surface area contributed by atoms with Crippen LogP contribution >= 0.6 is 7.75 Å². The quantitative estimate of drug-likeness (QED) is 0.0558. The second-order valence-electron chi connectivity index (χ2n) is 12.1. The third-order valence-corrected chi connectivity index (χ3v) is 9.03. The van der Waals surface area contributed by atoms with Gasteiger partial charge in [-0.2, -0.15) is 0 Å². The molecule has 1 fully saturated rings. The number of aliphatic hydroxyl groups excluding tert-OH is 1. The number of hydrogen-bond acceptors (Lipinski definition) is 13. The summed E-state index contributed by atoms with van der Waals surface area (Å²) in [6, 6.07) is 17.4. The molecule has 3 heterocycles. The maximum atomic E-state index is 12.9. The number of nitrogens with zero attached hydrogens (tertiary/aromatic N) is 4. The summed E-state index contributed by atoms with van der Waals surface area (Å²) in [6.07, 6.45) is -2.44. The number of nitrogens with one attached hydrogen (secondary N) is 2. The Bertz CT molecular complexity index is 1810. The lowest BCUT2D eigenvalue weighted by atomic mass is 9.96. The molecule has 1 amide bonds. The van der Waals surface area contributed by atoms with Crippen LogP contribution < -0.4 is 10.4 Å². The SMILES string of the molecule is CC(C)OC(=O)C(C)NP(=O)(O)OC[C@H]1O[C@@H](n2cnc3c(NC(=O)OCc4ccccc4)ncnc32)[C@@](C)(OCOCc2ccccc2)C1O. The van der Waals surface area contributed by atoms with E-state index in [9.17, 15) is 24.2 Å². The number of aliphatic hydroxyl groups is 1. The Hall–Kier alpha value is -4.32. The lowest BCUT2D eigenvalue weighted by Gasteiger charge is -2.33. The Labute approximate surface area is 293 Å². The molecule has 0 bridgehead atoms. The number of anilines is 1. The van der Waals surface area contributed by atoms with Crippen molar-refractivity contribution in [3.05, 3.63) is 84.4 Å². The summed E-state index contributed by atoms with van der Waals surface area (Å²) >= 11 is 0. The van der Waals surface area contributed by atoms with Crippen LogP contribution in [0, 0.1) is 0 Å². The molecule has 0 spiro atoms. The fourth-order valence-corrected chi connectivity index (χ4v) is 6.25. The molecule has 1 aliphatic rings. The minimum atomic E-state index is -4.59. The summed E-state index contributed by atoms with van der Waals surface area (Å²) in [7, 11) is -4.59. The van der Waals surface area contributed by atoms with Crippen molar-refractivity contribution in [1.82, 2.24) is 24.6 Å². The highest BCUT2D eigenvalue weighted by molar-refractivity contribution is 7.50. The van der Waals surface area contributed by atoms with Gasteiger partial charge in [-0.1, -0.05) is 60.7 Å². The molecule has 4 N–H and O–H groups in total. The first-order valence-corrected chi connectivity index (χ1v) is 17.6. The van der Waals surface area contributed by atoms with Crippen molar-refractivity contribution in [3.63, 3.8) is 0 Å². The fourth-order valence-electron chi connectivity index (χ4n) is 5.24. The average Bonchev–Trinajstić information content (AvgIpc) is 3.64. The van der Waals surface area contributed by atoms with Crippen LogP contribution in [0.5, 0.6) is 0 Å². The first-order valence-electron chi connectivity index (χ1n) is 16.1. The molecule has 51 heavy (non-hydrogen) atoms. The molecule has 0 radical (unpaired) electrons. The van der Waals surface area contributed by atoms with Gasteiger partial charge in [0.15, 0.2) is 23.2 Å². The van der Waals surface area contributed by atoms with E-state index in [1.54, 1.807) is 20.8 Å². The maximum Gasteiger partial charge on any atom is 0.413 e. The second-order valence-corrected chi connectivity index (χ2v) is 13.7. The maximum absolute atomic E-state index is 12.9. The van der Waals surface area contributed by atoms with Crippen LogP contribution in [0.2, 0.25) is 0 Å². The van der Waals surface area contributed by atoms with Crippen molar-refractivity contribution in [3.8, 4) is 0 Å². The molecule has 3 unspecified atom stereocenters. The third-order valence-electron chi connectivity index (χ3n) is 7.82. The van der Waals surface area contributed by atoms with Crippen LogP contribution in [0.15, 0.2) is 73.3 Å². The zero-order valence-electron chi connectivity index (χ0n) is 28.4. The topological polar surface area (TPSA) is 215 Å². The van der Waals surface area contributed by atoms with Crippen LogP contribution in [-0.2, 0) is 50.8 Å². The van der Waals surface area contributed by atoms with Crippen molar-refractivity contribution in [2.45, 2.75) is 77.1 Å². The van der Waals surface area contributed by atoms with E-state index in [4.69, 9.17) is 28.2 Å². The van der Waals surface area contributed by atoms with Gasteiger partial charge in [-0.05, 0) is 38.8 Å². The van der Waals surface area contributed by atoms with Gasteiger partial charge in [0.2, 0.25) is 0 Å². The molecule has 4 aromatic rings. The van der Waals surface area contributed by atoms with E-state index in [1.165, 1.54) is 24.1 Å². The number of benzene rings is 2. The third kappa shape index (κ3) is 9.72. The zero-order chi connectivity index (χ0) is 36.6. The fraction of sp³-hybridized carbons (Fsp3) is 0.424. The number of imidazole rings is 1. The number of carbonyl (C=O) groups is 2. The molecule has 17 nitrogen and oxygen atoms in total. The monoisotopic (exact) mass is 728 g/mol. The number of hydrogen-bond donors (Lipinski definition) is 4. The summed E-state index contributed by atoms with van der Waals surface area (Å²) in [5.74, 6) is -0.690. The van der Waals surface area contributed by atoms with Gasteiger partial charge in [0.05, 0.1) is 25.6 Å². The van der Waals surface area contributed by atoms with Crippen LogP contribution in [-0.4, -0.2) is 84.9 Å². The Balaban J connectivity index is 1.33. The lowest BCUT2D eigenvalue weighted by Crippen LogP contribution is -2.47. The number of amides is 1. The highest BCUT2D eigenvalue weighted by Gasteiger charge is 2.56. The number of esters is 1. The van der Waals surface area contributed by atoms with Gasteiger partial charge in [-0.3, -0.25) is 19.2 Å². The summed E-state index contributed by atoms with van der Waals surface area (Å²) in [6.45, 7) is 5.62. The van der Waals surface area contributed by atoms with E-state index in [0.717, 1.165) is 11.1 Å². The summed E-state index contributed by atoms with van der Waals surface area (Å²) < 4.78 is 48.1. The van der Waals surface area contributed by atoms with E-state index in [0.29, 0.717) is 0 Å². The van der Waals surface area contributed by atoms with Crippen LogP contribution in [0.1, 0.15) is 45.0 Å². The molecule has 0 saturated carbocycles. The average molecular weight is 729 g/mol. The van der Waals surface area contributed by atoms with Gasteiger partial charge in [-0.15, -0.1) is 0 Å². The summed E-state index contributed by atoms with van der Waals surface area (Å²) in [4.78, 5) is 48.2. The molecule has 1 saturated heterocycles. The van der Waals surface area contributed by atoms with Gasteiger partial charge in [0.25, 0.3) is 0 Å². The predicted molar refractivity (Wildman–Crippen MR) is 181 cm³/mol. The highest BCUT2D eigenvalue weighted by atomic mass is 31.2. The molecule has 1 aliphatic heterocycles. The van der Waals surface area contributed by atoms with Gasteiger partial charge < -0.3 is 33.7 Å². The first kappa shape index (κ1) is 37.9. The summed E-state index contributed by atoms with van der Waals surface area (Å²) in [5, 5.41) is 16.4. The number of rotatable bonds is 16. The van der Waals surface area contributed by atoms with E-state index < -0.39 is 62.6 Å². The van der Waals surface area contributed by atoms with Crippen molar-refractivity contribution in [2.75, 3.05) is 18.7 Å². The molecular weight excluding hydrogens is 687 g/mol. The van der Waals surface area contributed by atoms with Gasteiger partial charge in [0.1, 0.15) is 43.6 Å². The number of aromatic nitrogens is 4. The Morgan fingerprint density at radius 3 is 2.35 bits per heavy atom. The van der Waals surface area contributed by atoms with E-state index in [2.05, 4.69) is 25.4 Å². The van der Waals surface area contributed by atoms with Gasteiger partial charge >= 0.3 is 19.8 Å². The number of ether oxygens (including phenoxy) is 5. The minimum Gasteiger partial charge on any atom is -0.462 e. The van der Waals surface area contributed by atoms with Crippen LogP contribution in [0.25, 0.3) is 11.2 Å². The first-order chi connectivity index (χ1) is 24.4. The minimum absolute atomic E-state index is 0.0336. The summed E-state index contributed by atoms with van der Waals surface area (Å²) in [5.41, 5.74) is 0.515. The Kier molecular flexibility index (Phi) is 12.5. The van der Waals surface area contributed by atoms with Gasteiger partial charge in [-0.25, -0.2) is 29.4 Å². The molecule has 18 heteroatoms. The van der Waals surface area contributed by atoms with Crippen LogP contribution in [0.3, 0.4) is 0 Å². The molecule has 0 aliphatic carbocycles. The zero-order valence-corrected chi connectivity index (χ0v) is 29.3. The standard InChI is InChI=1S/C33H41N6O11P/c1-21(2)49-30(41)22(3)38-51(43,44)48-17-25-27(40)33(4,47-20-45-15-23-11-7-5-8-12-23)31(50-25)39-19-36-26-28(34-18-35-29(26)39)37-32(42)46-16-24-13-9-6-10-14-24/h5-14,18-19,21-22,25,27,31,40H,15-17,20H2,1-4H3,(H2,38,43,44)(H,34,35,37,42)/t22?,25-,27?,31-,33+/m1/s1. The van der Waals surface area contributed by atoms with Crippen molar-refractivity contribution in [2.24, 2.45) is 0 Å². The smallest absolute Gasteiger partial charge is 0.413 e. The Morgan fingerprint density at radius 1 is 1.02 bits per heavy atom. The van der Waals surface area contributed by atoms with E-state index in [1.807, 2.05) is 60.7 Å². The molecule has 2 aromatic heterocycles. The van der Waals surface area contributed by atoms with Crippen LogP contribution in [0.4, 0.5) is 10.6 Å². The largest absolute Gasteiger partial charge is 0.462 e. The Morgan fingerprint density at radius 2 is 1.69 bits per heavy atom. The van der Waals surface area contributed by atoms with Crippen molar-refractivity contribution in [1.29, 1.82) is 0 Å². The molecule has 5 rings (SSSR count). The number of fused-ring (bicyclic) bond motifs is 1. The van der Waals surface area contributed by atoms with Crippen molar-refractivity contribution < 1.29 is 52.4 Å². The molecule has 2 aromatic carbocycles. The number of carbonyl (C=O) groups excluding carboxylic acids is 2. The molecule has 6 atom stereocenters. The molecular formula is C33H41N6O11P. The van der Waals surface area contributed by atoms with Crippen molar-refractivity contribution >= 4 is 36.8 Å². The normalized spacial score (nSPS) is 22.1. The second kappa shape index (κ2) is 16.8.